The highest BCUT2D eigenvalue weighted by molar-refractivity contribution is 5.73. The maximum absolute atomic E-state index is 12.3. The van der Waals surface area contributed by atoms with Crippen LogP contribution in [0.5, 0.6) is 11.5 Å². The molecule has 9 nitrogen and oxygen atoms in total. The molecule has 0 atom stereocenters. The normalized spacial score (nSPS) is 10.8. The lowest BCUT2D eigenvalue weighted by Crippen LogP contribution is -2.38. The summed E-state index contributed by atoms with van der Waals surface area (Å²) in [5, 5.41) is 8.01. The topological polar surface area (TPSA) is 101 Å². The molecule has 24 heavy (non-hydrogen) atoms. The summed E-state index contributed by atoms with van der Waals surface area (Å²) in [5.41, 5.74) is -0.277. The smallest absolute Gasteiger partial charge is 0.332 e. The van der Waals surface area contributed by atoms with Gasteiger partial charge in [-0.2, -0.15) is 0 Å². The Labute approximate surface area is 136 Å². The van der Waals surface area contributed by atoms with Gasteiger partial charge in [0.15, 0.2) is 17.0 Å². The summed E-state index contributed by atoms with van der Waals surface area (Å²) in [6.07, 6.45) is 0. The fourth-order valence-electron chi connectivity index (χ4n) is 2.35. The van der Waals surface area contributed by atoms with E-state index in [2.05, 4.69) is 15.2 Å². The number of aromatic nitrogens is 5. The van der Waals surface area contributed by atoms with Crippen LogP contribution in [0.1, 0.15) is 0 Å². The Morgan fingerprint density at radius 1 is 1.00 bits per heavy atom. The molecule has 0 radical (unpaired) electrons. The Bertz CT molecular complexity index is 1050. The Kier molecular flexibility index (Phi) is 3.76. The number of fused-ring (bicyclic) bond motifs is 1. The molecule has 0 N–H and O–H groups in total. The third kappa shape index (κ3) is 2.30. The van der Waals surface area contributed by atoms with Crippen molar-refractivity contribution < 1.29 is 9.47 Å². The van der Waals surface area contributed by atoms with E-state index in [1.165, 1.54) is 25.8 Å². The Hall–Kier alpha value is -3.23. The van der Waals surface area contributed by atoms with Crippen molar-refractivity contribution in [1.82, 2.24) is 24.3 Å². The minimum Gasteiger partial charge on any atom is -0.497 e. The molecule has 2 heterocycles. The highest BCUT2D eigenvalue weighted by Crippen LogP contribution is 2.31. The summed E-state index contributed by atoms with van der Waals surface area (Å²) in [5.74, 6) is 1.32. The first-order valence-corrected chi connectivity index (χ1v) is 7.00. The van der Waals surface area contributed by atoms with Crippen molar-refractivity contribution in [2.24, 2.45) is 14.1 Å². The number of hydrogen-bond acceptors (Lipinski definition) is 7. The minimum absolute atomic E-state index is 0.0578. The number of hydrogen-bond donors (Lipinski definition) is 0. The van der Waals surface area contributed by atoms with Gasteiger partial charge in [0.2, 0.25) is 0 Å². The Balaban J connectivity index is 2.30. The molecule has 124 valence electrons. The lowest BCUT2D eigenvalue weighted by molar-refractivity contribution is 0.395. The number of benzene rings is 1. The van der Waals surface area contributed by atoms with Crippen molar-refractivity contribution in [3.05, 3.63) is 39.0 Å². The molecule has 0 unspecified atom stereocenters. The summed E-state index contributed by atoms with van der Waals surface area (Å²) >= 11 is 0. The van der Waals surface area contributed by atoms with E-state index in [0.29, 0.717) is 17.1 Å². The van der Waals surface area contributed by atoms with Gasteiger partial charge in [-0.25, -0.2) is 9.78 Å². The molecule has 0 saturated carbocycles. The zero-order chi connectivity index (χ0) is 17.4. The van der Waals surface area contributed by atoms with Gasteiger partial charge in [0, 0.05) is 20.2 Å². The highest BCUT2D eigenvalue weighted by atomic mass is 16.5. The van der Waals surface area contributed by atoms with Crippen molar-refractivity contribution in [3.63, 3.8) is 0 Å². The van der Waals surface area contributed by atoms with E-state index in [4.69, 9.17) is 9.47 Å². The van der Waals surface area contributed by atoms with Crippen molar-refractivity contribution in [1.29, 1.82) is 0 Å². The Morgan fingerprint density at radius 2 is 1.75 bits per heavy atom. The highest BCUT2D eigenvalue weighted by Gasteiger charge is 2.16. The predicted octanol–water partition coefficient (Wildman–Crippen LogP) is 0.106. The zero-order valence-corrected chi connectivity index (χ0v) is 13.6. The molecule has 0 amide bonds. The van der Waals surface area contributed by atoms with Crippen molar-refractivity contribution in [3.8, 4) is 22.9 Å². The van der Waals surface area contributed by atoms with Crippen LogP contribution in [0.15, 0.2) is 27.8 Å². The van der Waals surface area contributed by atoms with Crippen molar-refractivity contribution in [2.45, 2.75) is 0 Å². The fraction of sp³-hybridized carbons (Fsp3) is 0.267. The second-order valence-corrected chi connectivity index (χ2v) is 5.08. The second-order valence-electron chi connectivity index (χ2n) is 5.08. The molecule has 0 saturated heterocycles. The molecule has 0 spiro atoms. The molecule has 9 heteroatoms. The van der Waals surface area contributed by atoms with Crippen LogP contribution in [0.2, 0.25) is 0 Å². The SMILES string of the molecule is COc1ccc(-c2nnc3c(n2)c(=O)n(C)c(=O)n3C)c(OC)c1. The zero-order valence-electron chi connectivity index (χ0n) is 13.6. The van der Waals surface area contributed by atoms with Gasteiger partial charge in [0.05, 0.1) is 19.8 Å². The summed E-state index contributed by atoms with van der Waals surface area (Å²) in [6, 6.07) is 5.12. The van der Waals surface area contributed by atoms with Gasteiger partial charge in [0.25, 0.3) is 5.56 Å². The Morgan fingerprint density at radius 3 is 2.42 bits per heavy atom. The number of aryl methyl sites for hydroxylation is 1. The summed E-state index contributed by atoms with van der Waals surface area (Å²) in [4.78, 5) is 28.5. The quantitative estimate of drug-likeness (QED) is 0.672. The molecular weight excluding hydrogens is 314 g/mol. The minimum atomic E-state index is -0.531. The number of ether oxygens (including phenoxy) is 2. The van der Waals surface area contributed by atoms with Crippen LogP contribution in [0.4, 0.5) is 0 Å². The maximum atomic E-state index is 12.3. The fourth-order valence-corrected chi connectivity index (χ4v) is 2.35. The van der Waals surface area contributed by atoms with Crippen LogP contribution < -0.4 is 20.7 Å². The van der Waals surface area contributed by atoms with Gasteiger partial charge < -0.3 is 9.47 Å². The van der Waals surface area contributed by atoms with Crippen LogP contribution in [0, 0.1) is 0 Å². The van der Waals surface area contributed by atoms with Gasteiger partial charge >= 0.3 is 5.69 Å². The lowest BCUT2D eigenvalue weighted by atomic mass is 10.2. The molecule has 3 rings (SSSR count). The first kappa shape index (κ1) is 15.7. The van der Waals surface area contributed by atoms with Crippen LogP contribution >= 0.6 is 0 Å². The summed E-state index contributed by atoms with van der Waals surface area (Å²) in [6.45, 7) is 0. The van der Waals surface area contributed by atoms with Gasteiger partial charge in [-0.05, 0) is 12.1 Å². The van der Waals surface area contributed by atoms with Crippen LogP contribution in [-0.2, 0) is 14.1 Å². The molecule has 0 aliphatic rings. The van der Waals surface area contributed by atoms with E-state index in [1.807, 2.05) is 0 Å². The molecule has 1 aromatic carbocycles. The van der Waals surface area contributed by atoms with Crippen LogP contribution in [0.25, 0.3) is 22.6 Å². The molecular formula is C15H15N5O4. The second kappa shape index (κ2) is 5.76. The average Bonchev–Trinajstić information content (AvgIpc) is 2.63. The average molecular weight is 329 g/mol. The molecule has 0 bridgehead atoms. The molecule has 3 aromatic rings. The van der Waals surface area contributed by atoms with E-state index in [0.717, 1.165) is 4.57 Å². The summed E-state index contributed by atoms with van der Waals surface area (Å²) < 4.78 is 12.7. The molecule has 0 fully saturated rings. The molecule has 0 aliphatic heterocycles. The first-order chi connectivity index (χ1) is 11.5. The van der Waals surface area contributed by atoms with Crippen molar-refractivity contribution >= 4 is 11.2 Å². The number of rotatable bonds is 3. The van der Waals surface area contributed by atoms with Gasteiger partial charge in [-0.1, -0.05) is 0 Å². The largest absolute Gasteiger partial charge is 0.497 e. The van der Waals surface area contributed by atoms with Crippen LogP contribution in [-0.4, -0.2) is 38.5 Å². The molecule has 0 aliphatic carbocycles. The van der Waals surface area contributed by atoms with E-state index in [9.17, 15) is 9.59 Å². The van der Waals surface area contributed by atoms with Gasteiger partial charge in [0.1, 0.15) is 11.5 Å². The number of methoxy groups -OCH3 is 2. The standard InChI is InChI=1S/C15H15N5O4/c1-19-13-11(14(21)20(2)15(19)22)16-12(17-18-13)9-6-5-8(23-3)7-10(9)24-4/h5-7H,1-4H3. The molecule has 2 aromatic heterocycles. The van der Waals surface area contributed by atoms with Crippen molar-refractivity contribution in [2.75, 3.05) is 14.2 Å². The number of nitrogens with zero attached hydrogens (tertiary/aromatic N) is 5. The third-order valence-electron chi connectivity index (χ3n) is 3.72. The maximum Gasteiger partial charge on any atom is 0.332 e. The predicted molar refractivity (Wildman–Crippen MR) is 86.4 cm³/mol. The van der Waals surface area contributed by atoms with Gasteiger partial charge in [-0.15, -0.1) is 10.2 Å². The van der Waals surface area contributed by atoms with Gasteiger partial charge in [-0.3, -0.25) is 13.9 Å². The van der Waals surface area contributed by atoms with E-state index in [-0.39, 0.29) is 17.0 Å². The monoisotopic (exact) mass is 329 g/mol. The van der Waals surface area contributed by atoms with E-state index < -0.39 is 11.2 Å². The third-order valence-corrected chi connectivity index (χ3v) is 3.72. The lowest BCUT2D eigenvalue weighted by Gasteiger charge is -2.10. The van der Waals surface area contributed by atoms with E-state index in [1.54, 1.807) is 25.3 Å². The van der Waals surface area contributed by atoms with E-state index >= 15 is 0 Å². The first-order valence-electron chi connectivity index (χ1n) is 7.00. The van der Waals surface area contributed by atoms with Crippen LogP contribution in [0.3, 0.4) is 0 Å². The summed E-state index contributed by atoms with van der Waals surface area (Å²) in [7, 11) is 5.95.